The fraction of sp³-hybridized carbons (Fsp3) is 0.474. The summed E-state index contributed by atoms with van der Waals surface area (Å²) in [5.41, 5.74) is 8.70. The Hall–Kier alpha value is -1.65. The maximum Gasteiger partial charge on any atom is 0.125 e. The Labute approximate surface area is 136 Å². The van der Waals surface area contributed by atoms with Gasteiger partial charge in [0.1, 0.15) is 5.82 Å². The molecule has 0 saturated carbocycles. The molecule has 3 atom stereocenters. The van der Waals surface area contributed by atoms with Crippen molar-refractivity contribution in [3.05, 3.63) is 47.9 Å². The number of piperidine rings is 1. The van der Waals surface area contributed by atoms with Gasteiger partial charge in [-0.15, -0.1) is 0 Å². The van der Waals surface area contributed by atoms with Crippen molar-refractivity contribution in [2.75, 3.05) is 13.1 Å². The molecular formula is C19H24FN3. The lowest BCUT2D eigenvalue weighted by atomic mass is 9.71. The third-order valence-corrected chi connectivity index (χ3v) is 5.72. The molecule has 3 unspecified atom stereocenters. The van der Waals surface area contributed by atoms with E-state index in [2.05, 4.69) is 29.0 Å². The van der Waals surface area contributed by atoms with E-state index in [9.17, 15) is 4.39 Å². The summed E-state index contributed by atoms with van der Waals surface area (Å²) < 4.78 is 13.3. The zero-order valence-corrected chi connectivity index (χ0v) is 13.6. The molecule has 2 aromatic rings. The number of H-pyrrole nitrogens is 1. The van der Waals surface area contributed by atoms with Crippen molar-refractivity contribution < 1.29 is 4.39 Å². The molecule has 2 bridgehead atoms. The lowest BCUT2D eigenvalue weighted by molar-refractivity contribution is 0.0606. The number of fused-ring (bicyclic) bond motifs is 3. The fourth-order valence-corrected chi connectivity index (χ4v) is 4.37. The fourth-order valence-electron chi connectivity index (χ4n) is 4.37. The van der Waals surface area contributed by atoms with Gasteiger partial charge in [-0.1, -0.05) is 19.1 Å². The number of nitrogens with zero attached hydrogens (tertiary/aromatic N) is 1. The second-order valence-corrected chi connectivity index (χ2v) is 7.13. The summed E-state index contributed by atoms with van der Waals surface area (Å²) in [6.07, 6.45) is 9.75. The molecule has 1 aromatic carbocycles. The number of halogens is 1. The van der Waals surface area contributed by atoms with Crippen LogP contribution in [0.15, 0.2) is 36.5 Å². The SMILES string of the molecule is CCC1(N)CC2C=CC1N(CCc1c[nH]c3cc(F)ccc13)C2. The average Bonchev–Trinajstić information content (AvgIpc) is 2.95. The molecule has 2 aliphatic heterocycles. The van der Waals surface area contributed by atoms with E-state index in [1.807, 2.05) is 12.3 Å². The zero-order valence-electron chi connectivity index (χ0n) is 13.6. The van der Waals surface area contributed by atoms with Crippen molar-refractivity contribution in [1.29, 1.82) is 0 Å². The molecule has 0 amide bonds. The molecule has 3 nitrogen and oxygen atoms in total. The van der Waals surface area contributed by atoms with Crippen molar-refractivity contribution in [2.24, 2.45) is 11.7 Å². The highest BCUT2D eigenvalue weighted by atomic mass is 19.1. The van der Waals surface area contributed by atoms with Gasteiger partial charge in [0, 0.05) is 41.8 Å². The molecule has 3 N–H and O–H groups in total. The summed E-state index contributed by atoms with van der Waals surface area (Å²) in [7, 11) is 0. The Morgan fingerprint density at radius 2 is 2.26 bits per heavy atom. The normalized spacial score (nSPS) is 30.4. The van der Waals surface area contributed by atoms with Crippen LogP contribution in [0.2, 0.25) is 0 Å². The standard InChI is InChI=1S/C19H24FN3/c1-2-19(21)10-13-3-6-18(19)23(12-13)8-7-14-11-22-17-9-15(20)4-5-16(14)17/h3-6,9,11,13,18,22H,2,7-8,10,12,21H2,1H3. The van der Waals surface area contributed by atoms with Crippen LogP contribution < -0.4 is 5.73 Å². The van der Waals surface area contributed by atoms with Crippen LogP contribution in [0.1, 0.15) is 25.3 Å². The topological polar surface area (TPSA) is 45.0 Å². The number of nitrogens with two attached hydrogens (primary N) is 1. The first-order valence-electron chi connectivity index (χ1n) is 8.56. The maximum absolute atomic E-state index is 13.3. The molecule has 23 heavy (non-hydrogen) atoms. The van der Waals surface area contributed by atoms with Crippen LogP contribution in [0.3, 0.4) is 0 Å². The van der Waals surface area contributed by atoms with Crippen molar-refractivity contribution >= 4 is 10.9 Å². The molecule has 3 heterocycles. The number of rotatable bonds is 4. The Morgan fingerprint density at radius 3 is 3.04 bits per heavy atom. The van der Waals surface area contributed by atoms with E-state index in [0.717, 1.165) is 43.3 Å². The summed E-state index contributed by atoms with van der Waals surface area (Å²) in [6.45, 7) is 4.30. The van der Waals surface area contributed by atoms with Crippen LogP contribution in [-0.4, -0.2) is 34.6 Å². The van der Waals surface area contributed by atoms with Gasteiger partial charge in [-0.2, -0.15) is 0 Å². The molecule has 1 aromatic heterocycles. The molecule has 0 spiro atoms. The van der Waals surface area contributed by atoms with Crippen molar-refractivity contribution in [3.8, 4) is 0 Å². The van der Waals surface area contributed by atoms with Gasteiger partial charge in [-0.25, -0.2) is 4.39 Å². The van der Waals surface area contributed by atoms with Crippen LogP contribution in [0, 0.1) is 11.7 Å². The molecule has 122 valence electrons. The van der Waals surface area contributed by atoms with Crippen molar-refractivity contribution in [2.45, 2.75) is 37.8 Å². The van der Waals surface area contributed by atoms with Crippen molar-refractivity contribution in [3.63, 3.8) is 0 Å². The Morgan fingerprint density at radius 1 is 1.39 bits per heavy atom. The third kappa shape index (κ3) is 2.50. The molecule has 1 fully saturated rings. The monoisotopic (exact) mass is 313 g/mol. The zero-order chi connectivity index (χ0) is 16.0. The molecule has 4 heteroatoms. The highest BCUT2D eigenvalue weighted by molar-refractivity contribution is 5.83. The lowest BCUT2D eigenvalue weighted by Crippen LogP contribution is -2.65. The predicted molar refractivity (Wildman–Crippen MR) is 91.8 cm³/mol. The minimum absolute atomic E-state index is 0.0823. The largest absolute Gasteiger partial charge is 0.361 e. The van der Waals surface area contributed by atoms with Crippen LogP contribution in [0.5, 0.6) is 0 Å². The molecular weight excluding hydrogens is 289 g/mol. The maximum atomic E-state index is 13.3. The second kappa shape index (κ2) is 5.46. The van der Waals surface area contributed by atoms with Crippen LogP contribution in [0.25, 0.3) is 10.9 Å². The third-order valence-electron chi connectivity index (χ3n) is 5.72. The molecule has 1 saturated heterocycles. The van der Waals surface area contributed by atoms with Gasteiger partial charge in [0.2, 0.25) is 0 Å². The van der Waals surface area contributed by atoms with Gasteiger partial charge < -0.3 is 10.7 Å². The quantitative estimate of drug-likeness (QED) is 0.851. The first-order valence-corrected chi connectivity index (χ1v) is 8.56. The summed E-state index contributed by atoms with van der Waals surface area (Å²) in [6, 6.07) is 5.32. The van der Waals surface area contributed by atoms with Gasteiger partial charge >= 0.3 is 0 Å². The van der Waals surface area contributed by atoms with E-state index in [1.165, 1.54) is 11.6 Å². The highest BCUT2D eigenvalue weighted by Crippen LogP contribution is 2.37. The minimum atomic E-state index is -0.194. The predicted octanol–water partition coefficient (Wildman–Crippen LogP) is 3.22. The van der Waals surface area contributed by atoms with E-state index < -0.39 is 0 Å². The molecule has 5 rings (SSSR count). The number of aromatic nitrogens is 1. The summed E-state index contributed by atoms with van der Waals surface area (Å²) >= 11 is 0. The number of benzene rings is 1. The lowest BCUT2D eigenvalue weighted by Gasteiger charge is -2.52. The molecule has 1 aliphatic carbocycles. The Balaban J connectivity index is 1.51. The van der Waals surface area contributed by atoms with E-state index >= 15 is 0 Å². The van der Waals surface area contributed by atoms with E-state index in [4.69, 9.17) is 5.73 Å². The average molecular weight is 313 g/mol. The van der Waals surface area contributed by atoms with Gasteiger partial charge in [0.15, 0.2) is 0 Å². The second-order valence-electron chi connectivity index (χ2n) is 7.13. The molecule has 0 radical (unpaired) electrons. The van der Waals surface area contributed by atoms with Crippen LogP contribution in [-0.2, 0) is 6.42 Å². The first-order chi connectivity index (χ1) is 11.1. The number of hydrogen-bond acceptors (Lipinski definition) is 2. The van der Waals surface area contributed by atoms with E-state index in [-0.39, 0.29) is 11.4 Å². The molecule has 3 aliphatic rings. The van der Waals surface area contributed by atoms with E-state index in [1.54, 1.807) is 6.07 Å². The van der Waals surface area contributed by atoms with Gasteiger partial charge in [0.25, 0.3) is 0 Å². The smallest absolute Gasteiger partial charge is 0.125 e. The Bertz CT molecular complexity index is 750. The first kappa shape index (κ1) is 14.9. The minimum Gasteiger partial charge on any atom is -0.361 e. The van der Waals surface area contributed by atoms with Crippen LogP contribution in [0.4, 0.5) is 4.39 Å². The Kier molecular flexibility index (Phi) is 3.54. The van der Waals surface area contributed by atoms with Crippen molar-refractivity contribution in [1.82, 2.24) is 9.88 Å². The highest BCUT2D eigenvalue weighted by Gasteiger charge is 2.44. The van der Waals surface area contributed by atoms with E-state index in [0.29, 0.717) is 12.0 Å². The van der Waals surface area contributed by atoms with Gasteiger partial charge in [-0.05, 0) is 48.9 Å². The number of aromatic amines is 1. The van der Waals surface area contributed by atoms with Crippen LogP contribution >= 0.6 is 0 Å². The number of nitrogens with one attached hydrogen (secondary N) is 1. The summed E-state index contributed by atoms with van der Waals surface area (Å²) in [5, 5.41) is 1.12. The number of hydrogen-bond donors (Lipinski definition) is 2. The summed E-state index contributed by atoms with van der Waals surface area (Å²) in [5.74, 6) is 0.391. The summed E-state index contributed by atoms with van der Waals surface area (Å²) in [4.78, 5) is 5.71. The van der Waals surface area contributed by atoms with Gasteiger partial charge in [0.05, 0.1) is 0 Å². The van der Waals surface area contributed by atoms with Gasteiger partial charge in [-0.3, -0.25) is 4.90 Å².